The first-order valence-corrected chi connectivity index (χ1v) is 15.2. The number of benzene rings is 1. The minimum atomic E-state index is 0.822. The van der Waals surface area contributed by atoms with Gasteiger partial charge in [-0.15, -0.1) is 0 Å². The molecule has 2 aliphatic rings. The third-order valence-electron chi connectivity index (χ3n) is 7.48. The Balaban J connectivity index is 0.000000507. The second kappa shape index (κ2) is 17.9. The molecular weight excluding hydrogens is 508 g/mol. The number of rotatable bonds is 14. The van der Waals surface area contributed by atoms with Crippen LogP contribution in [-0.2, 0) is 17.7 Å². The number of nitrogens with one attached hydrogen (secondary N) is 1. The fourth-order valence-electron chi connectivity index (χ4n) is 5.08. The van der Waals surface area contributed by atoms with Crippen molar-refractivity contribution < 1.29 is 4.74 Å². The van der Waals surface area contributed by atoms with E-state index in [4.69, 9.17) is 14.7 Å². The van der Waals surface area contributed by atoms with Crippen LogP contribution in [0.2, 0.25) is 0 Å². The molecule has 2 aromatic rings. The van der Waals surface area contributed by atoms with Crippen molar-refractivity contribution in [1.82, 2.24) is 24.7 Å². The highest BCUT2D eigenvalue weighted by atomic mass is 16.5. The summed E-state index contributed by atoms with van der Waals surface area (Å²) in [6, 6.07) is 8.51. The Morgan fingerprint density at radius 1 is 1.07 bits per heavy atom. The first-order chi connectivity index (χ1) is 19.9. The number of likely N-dealkylation sites (tertiary alicyclic amines) is 1. The van der Waals surface area contributed by atoms with Gasteiger partial charge in [-0.3, -0.25) is 4.90 Å². The number of allylic oxidation sites excluding steroid dienone is 2. The molecule has 0 unspecified atom stereocenters. The molecule has 1 fully saturated rings. The van der Waals surface area contributed by atoms with Crippen LogP contribution in [0, 0.1) is 6.92 Å². The Kier molecular flexibility index (Phi) is 14.2. The Bertz CT molecular complexity index is 1100. The van der Waals surface area contributed by atoms with Crippen molar-refractivity contribution in [3.05, 3.63) is 78.0 Å². The number of hydrogen-bond donors (Lipinski definition) is 1. The number of ether oxygens (including phenoxy) is 1. The summed E-state index contributed by atoms with van der Waals surface area (Å²) in [6.45, 7) is 21.9. The first kappa shape index (κ1) is 32.7. The van der Waals surface area contributed by atoms with Crippen molar-refractivity contribution in [3.8, 4) is 11.4 Å². The van der Waals surface area contributed by atoms with Gasteiger partial charge in [-0.05, 0) is 72.4 Å². The van der Waals surface area contributed by atoms with E-state index in [1.807, 2.05) is 39.2 Å². The summed E-state index contributed by atoms with van der Waals surface area (Å²) in [5.41, 5.74) is 5.92. The summed E-state index contributed by atoms with van der Waals surface area (Å²) in [6.07, 6.45) is 10.5. The molecule has 1 aromatic heterocycles. The van der Waals surface area contributed by atoms with Gasteiger partial charge in [-0.1, -0.05) is 61.2 Å². The number of likely N-dealkylation sites (N-methyl/N-ethyl adjacent to an activating group) is 1. The quantitative estimate of drug-likeness (QED) is 0.239. The van der Waals surface area contributed by atoms with E-state index in [2.05, 4.69) is 64.4 Å². The van der Waals surface area contributed by atoms with Crippen molar-refractivity contribution in [1.29, 1.82) is 0 Å². The van der Waals surface area contributed by atoms with Crippen molar-refractivity contribution in [3.63, 3.8) is 0 Å². The smallest absolute Gasteiger partial charge is 0.161 e. The molecule has 7 nitrogen and oxygen atoms in total. The van der Waals surface area contributed by atoms with E-state index in [9.17, 15) is 0 Å². The van der Waals surface area contributed by atoms with Crippen molar-refractivity contribution in [2.45, 2.75) is 46.1 Å². The maximum absolute atomic E-state index is 5.10. The number of hydrogen-bond acceptors (Lipinski definition) is 7. The van der Waals surface area contributed by atoms with Crippen molar-refractivity contribution in [2.24, 2.45) is 0 Å². The largest absolute Gasteiger partial charge is 0.380 e. The van der Waals surface area contributed by atoms with Crippen LogP contribution in [0.4, 0.5) is 5.82 Å². The lowest BCUT2D eigenvalue weighted by molar-refractivity contribution is 0.129. The molecule has 0 aliphatic carbocycles. The Labute approximate surface area is 249 Å². The molecule has 0 spiro atoms. The molecule has 1 saturated heterocycles. The minimum Gasteiger partial charge on any atom is -0.380 e. The number of anilines is 1. The van der Waals surface area contributed by atoms with Crippen molar-refractivity contribution in [2.75, 3.05) is 78.4 Å². The highest BCUT2D eigenvalue weighted by Crippen LogP contribution is 2.28. The van der Waals surface area contributed by atoms with Gasteiger partial charge >= 0.3 is 0 Å². The molecule has 2 aliphatic heterocycles. The molecule has 0 amide bonds. The van der Waals surface area contributed by atoms with Crippen LogP contribution in [0.5, 0.6) is 0 Å². The molecular formula is C34H52N6O. The van der Waals surface area contributed by atoms with Crippen LogP contribution in [0.3, 0.4) is 0 Å². The summed E-state index contributed by atoms with van der Waals surface area (Å²) in [4.78, 5) is 17.1. The highest BCUT2D eigenvalue weighted by molar-refractivity contribution is 5.60. The molecule has 0 radical (unpaired) electrons. The summed E-state index contributed by atoms with van der Waals surface area (Å²) in [5.74, 6) is 1.82. The van der Waals surface area contributed by atoms with E-state index in [1.165, 1.54) is 48.3 Å². The molecule has 1 N–H and O–H groups in total. The van der Waals surface area contributed by atoms with E-state index in [0.717, 1.165) is 82.5 Å². The van der Waals surface area contributed by atoms with Gasteiger partial charge in [0.2, 0.25) is 0 Å². The van der Waals surface area contributed by atoms with Crippen molar-refractivity contribution >= 4 is 5.82 Å². The molecule has 1 aromatic carbocycles. The van der Waals surface area contributed by atoms with Gasteiger partial charge < -0.3 is 19.9 Å². The number of fused-ring (bicyclic) bond motifs is 1. The van der Waals surface area contributed by atoms with Gasteiger partial charge in [0.05, 0.1) is 12.3 Å². The van der Waals surface area contributed by atoms with Gasteiger partial charge in [-0.25, -0.2) is 9.97 Å². The van der Waals surface area contributed by atoms with Crippen LogP contribution < -0.4 is 5.32 Å². The lowest BCUT2D eigenvalue weighted by Crippen LogP contribution is -2.33. The maximum Gasteiger partial charge on any atom is 0.161 e. The molecule has 224 valence electrons. The lowest BCUT2D eigenvalue weighted by atomic mass is 10.0. The second-order valence-corrected chi connectivity index (χ2v) is 11.2. The third-order valence-corrected chi connectivity index (χ3v) is 7.48. The average molecular weight is 561 g/mol. The zero-order valence-electron chi connectivity index (χ0n) is 26.0. The molecule has 0 saturated carbocycles. The van der Waals surface area contributed by atoms with Gasteiger partial charge in [0, 0.05) is 56.9 Å². The second-order valence-electron chi connectivity index (χ2n) is 11.2. The van der Waals surface area contributed by atoms with Gasteiger partial charge in [0.25, 0.3) is 0 Å². The summed E-state index contributed by atoms with van der Waals surface area (Å²) < 4.78 is 5.10. The summed E-state index contributed by atoms with van der Waals surface area (Å²) in [5, 5.41) is 3.68. The van der Waals surface area contributed by atoms with Gasteiger partial charge in [-0.2, -0.15) is 0 Å². The fraction of sp³-hybridized carbons (Fsp3) is 0.529. The monoisotopic (exact) mass is 560 g/mol. The SMILES string of the molecule is C=C/C=C(\C=C)CN1CCc2nc(-c3ccc(C)cc3)nc(NCCCN3CCCC3)c2C1.CCOCCN(C)C. The Morgan fingerprint density at radius 3 is 2.49 bits per heavy atom. The van der Waals surface area contributed by atoms with E-state index in [1.54, 1.807) is 0 Å². The standard InChI is InChI=1S/C28H37N5.C6H15NO/c1-4-9-23(5-2)20-33-19-14-26-25(21-33)28(29-15-8-18-32-16-6-7-17-32)31-27(30-26)24-12-10-22(3)11-13-24;1-4-8-6-5-7(2)3/h4-5,9-13H,1-2,6-8,14-21H2,3H3,(H,29,30,31);4-6H2,1-3H3/b23-9+;. The fourth-order valence-corrected chi connectivity index (χ4v) is 5.08. The van der Waals surface area contributed by atoms with E-state index in [-0.39, 0.29) is 0 Å². The topological polar surface area (TPSA) is 56.8 Å². The zero-order valence-corrected chi connectivity index (χ0v) is 26.0. The lowest BCUT2D eigenvalue weighted by Gasteiger charge is -2.30. The van der Waals surface area contributed by atoms with Gasteiger partial charge in [0.15, 0.2) is 5.82 Å². The molecule has 0 bridgehead atoms. The Hall–Kier alpha value is -2.84. The van der Waals surface area contributed by atoms with E-state index >= 15 is 0 Å². The molecule has 7 heteroatoms. The van der Waals surface area contributed by atoms with E-state index in [0.29, 0.717) is 0 Å². The van der Waals surface area contributed by atoms with Crippen LogP contribution in [0.25, 0.3) is 11.4 Å². The normalized spacial score (nSPS) is 15.8. The number of aryl methyl sites for hydroxylation is 1. The van der Waals surface area contributed by atoms with Crippen LogP contribution in [0.1, 0.15) is 43.0 Å². The minimum absolute atomic E-state index is 0.822. The maximum atomic E-state index is 5.10. The summed E-state index contributed by atoms with van der Waals surface area (Å²) >= 11 is 0. The predicted octanol–water partition coefficient (Wildman–Crippen LogP) is 5.59. The molecule has 41 heavy (non-hydrogen) atoms. The first-order valence-electron chi connectivity index (χ1n) is 15.2. The van der Waals surface area contributed by atoms with Crippen LogP contribution in [-0.4, -0.2) is 97.8 Å². The van der Waals surface area contributed by atoms with Gasteiger partial charge in [0.1, 0.15) is 5.82 Å². The van der Waals surface area contributed by atoms with E-state index < -0.39 is 0 Å². The van der Waals surface area contributed by atoms with Crippen LogP contribution >= 0.6 is 0 Å². The predicted molar refractivity (Wildman–Crippen MR) is 173 cm³/mol. The zero-order chi connectivity index (χ0) is 29.5. The third kappa shape index (κ3) is 11.2. The number of nitrogens with zero attached hydrogens (tertiary/aromatic N) is 5. The highest BCUT2D eigenvalue weighted by Gasteiger charge is 2.23. The van der Waals surface area contributed by atoms with Crippen LogP contribution in [0.15, 0.2) is 61.2 Å². The molecule has 4 rings (SSSR count). The number of aromatic nitrogens is 2. The average Bonchev–Trinajstić information content (AvgIpc) is 3.49. The summed E-state index contributed by atoms with van der Waals surface area (Å²) in [7, 11) is 4.08. The Morgan fingerprint density at radius 2 is 1.83 bits per heavy atom. The molecule has 3 heterocycles. The molecule has 0 atom stereocenters.